The first-order chi connectivity index (χ1) is 12.8. The van der Waals surface area contributed by atoms with Crippen molar-refractivity contribution in [1.29, 1.82) is 0 Å². The number of methoxy groups -OCH3 is 1. The van der Waals surface area contributed by atoms with E-state index in [4.69, 9.17) is 4.74 Å². The number of anilines is 1. The van der Waals surface area contributed by atoms with E-state index in [1.807, 2.05) is 12.1 Å². The Morgan fingerprint density at radius 3 is 2.46 bits per heavy atom. The van der Waals surface area contributed by atoms with Crippen LogP contribution >= 0.6 is 0 Å². The minimum absolute atomic E-state index is 0.637. The van der Waals surface area contributed by atoms with Crippen LogP contribution in [0.15, 0.2) is 54.6 Å². The predicted octanol–water partition coefficient (Wildman–Crippen LogP) is 4.13. The molecule has 2 aromatic carbocycles. The monoisotopic (exact) mass is 350 g/mol. The number of rotatable bonds is 7. The maximum absolute atomic E-state index is 5.21. The van der Waals surface area contributed by atoms with Crippen molar-refractivity contribution in [3.8, 4) is 5.75 Å². The fourth-order valence-electron chi connectivity index (χ4n) is 4.48. The molecular formula is C23H30N2O. The molecule has 2 fully saturated rings. The summed E-state index contributed by atoms with van der Waals surface area (Å²) in [6, 6.07) is 19.3. The van der Waals surface area contributed by atoms with Gasteiger partial charge in [0.1, 0.15) is 5.75 Å². The number of ether oxygens (including phenoxy) is 1. The quantitative estimate of drug-likeness (QED) is 0.760. The van der Waals surface area contributed by atoms with E-state index in [1.54, 1.807) is 7.11 Å². The second kappa shape index (κ2) is 7.71. The predicted molar refractivity (Wildman–Crippen MR) is 108 cm³/mol. The fourth-order valence-corrected chi connectivity index (χ4v) is 4.48. The molecule has 1 heterocycles. The number of benzene rings is 2. The third-order valence-electron chi connectivity index (χ3n) is 6.38. The molecular weight excluding hydrogens is 320 g/mol. The summed E-state index contributed by atoms with van der Waals surface area (Å²) in [6.45, 7) is 4.68. The Balaban J connectivity index is 1.17. The van der Waals surface area contributed by atoms with Gasteiger partial charge in [0, 0.05) is 18.8 Å². The molecule has 1 unspecified atom stereocenters. The number of piperidine rings is 1. The minimum atomic E-state index is 0.637. The summed E-state index contributed by atoms with van der Waals surface area (Å²) < 4.78 is 5.21. The molecule has 3 nitrogen and oxygen atoms in total. The van der Waals surface area contributed by atoms with Gasteiger partial charge in [0.25, 0.3) is 0 Å². The van der Waals surface area contributed by atoms with Crippen LogP contribution in [-0.2, 0) is 6.42 Å². The average Bonchev–Trinajstić information content (AvgIpc) is 3.38. The second-order valence-corrected chi connectivity index (χ2v) is 7.89. The molecule has 1 saturated carbocycles. The Kier molecular flexibility index (Phi) is 5.16. The van der Waals surface area contributed by atoms with Gasteiger partial charge in [0.2, 0.25) is 0 Å². The van der Waals surface area contributed by atoms with Crippen LogP contribution in [0.25, 0.3) is 0 Å². The van der Waals surface area contributed by atoms with Crippen molar-refractivity contribution in [2.75, 3.05) is 38.2 Å². The summed E-state index contributed by atoms with van der Waals surface area (Å²) in [5.41, 5.74) is 3.40. The summed E-state index contributed by atoms with van der Waals surface area (Å²) in [7, 11) is 1.71. The minimum Gasteiger partial charge on any atom is -0.497 e. The SMILES string of the molecule is COc1ccc(CCNCC2CC23CCN(c2ccccc2)CC3)cc1. The molecule has 0 bridgehead atoms. The number of nitrogens with one attached hydrogen (secondary N) is 1. The highest BCUT2D eigenvalue weighted by atomic mass is 16.5. The van der Waals surface area contributed by atoms with Gasteiger partial charge < -0.3 is 15.0 Å². The van der Waals surface area contributed by atoms with Gasteiger partial charge in [0.05, 0.1) is 7.11 Å². The molecule has 1 saturated heterocycles. The zero-order valence-corrected chi connectivity index (χ0v) is 15.8. The van der Waals surface area contributed by atoms with Crippen LogP contribution in [0, 0.1) is 11.3 Å². The Hall–Kier alpha value is -2.00. The average molecular weight is 351 g/mol. The molecule has 1 N–H and O–H groups in total. The lowest BCUT2D eigenvalue weighted by molar-refractivity contribution is 0.344. The van der Waals surface area contributed by atoms with Gasteiger partial charge in [-0.15, -0.1) is 0 Å². The first-order valence-corrected chi connectivity index (χ1v) is 9.93. The molecule has 4 rings (SSSR count). The lowest BCUT2D eigenvalue weighted by Crippen LogP contribution is -2.36. The van der Waals surface area contributed by atoms with E-state index in [0.29, 0.717) is 5.41 Å². The first-order valence-electron chi connectivity index (χ1n) is 9.93. The van der Waals surface area contributed by atoms with Crippen molar-refractivity contribution in [2.45, 2.75) is 25.7 Å². The van der Waals surface area contributed by atoms with E-state index in [-0.39, 0.29) is 0 Å². The van der Waals surface area contributed by atoms with Gasteiger partial charge in [-0.05, 0) is 79.9 Å². The molecule has 1 aliphatic carbocycles. The fraction of sp³-hybridized carbons (Fsp3) is 0.478. The third kappa shape index (κ3) is 3.88. The molecule has 1 atom stereocenters. The zero-order valence-electron chi connectivity index (χ0n) is 15.8. The van der Waals surface area contributed by atoms with Crippen LogP contribution in [-0.4, -0.2) is 33.3 Å². The highest BCUT2D eigenvalue weighted by Crippen LogP contribution is 2.59. The van der Waals surface area contributed by atoms with E-state index < -0.39 is 0 Å². The number of para-hydroxylation sites is 1. The van der Waals surface area contributed by atoms with Crippen molar-refractivity contribution in [2.24, 2.45) is 11.3 Å². The Labute approximate surface area is 157 Å². The summed E-state index contributed by atoms with van der Waals surface area (Å²) in [5, 5.41) is 3.69. The number of hydrogen-bond acceptors (Lipinski definition) is 3. The molecule has 2 aliphatic rings. The van der Waals surface area contributed by atoms with Crippen LogP contribution in [0.5, 0.6) is 5.75 Å². The lowest BCUT2D eigenvalue weighted by Gasteiger charge is -2.34. The Morgan fingerprint density at radius 2 is 1.77 bits per heavy atom. The Morgan fingerprint density at radius 1 is 1.04 bits per heavy atom. The van der Waals surface area contributed by atoms with E-state index in [9.17, 15) is 0 Å². The van der Waals surface area contributed by atoms with Gasteiger partial charge in [-0.1, -0.05) is 30.3 Å². The maximum Gasteiger partial charge on any atom is 0.118 e. The van der Waals surface area contributed by atoms with Crippen molar-refractivity contribution >= 4 is 5.69 Å². The van der Waals surface area contributed by atoms with E-state index in [2.05, 4.69) is 52.7 Å². The topological polar surface area (TPSA) is 24.5 Å². The molecule has 0 aromatic heterocycles. The third-order valence-corrected chi connectivity index (χ3v) is 6.38. The molecule has 0 radical (unpaired) electrons. The summed E-state index contributed by atoms with van der Waals surface area (Å²) in [5.74, 6) is 1.82. The normalized spacial score (nSPS) is 21.0. The van der Waals surface area contributed by atoms with Crippen molar-refractivity contribution in [3.05, 3.63) is 60.2 Å². The molecule has 3 heteroatoms. The van der Waals surface area contributed by atoms with Gasteiger partial charge in [-0.25, -0.2) is 0 Å². The molecule has 1 spiro atoms. The summed E-state index contributed by atoms with van der Waals surface area (Å²) in [4.78, 5) is 2.55. The maximum atomic E-state index is 5.21. The second-order valence-electron chi connectivity index (χ2n) is 7.89. The van der Waals surface area contributed by atoms with Gasteiger partial charge in [-0.2, -0.15) is 0 Å². The van der Waals surface area contributed by atoms with Gasteiger partial charge in [-0.3, -0.25) is 0 Å². The largest absolute Gasteiger partial charge is 0.497 e. The molecule has 2 aromatic rings. The number of nitrogens with zero attached hydrogens (tertiary/aromatic N) is 1. The van der Waals surface area contributed by atoms with Crippen LogP contribution in [0.2, 0.25) is 0 Å². The first kappa shape index (κ1) is 17.4. The highest BCUT2D eigenvalue weighted by molar-refractivity contribution is 5.46. The van der Waals surface area contributed by atoms with Crippen molar-refractivity contribution in [1.82, 2.24) is 5.32 Å². The lowest BCUT2D eigenvalue weighted by atomic mass is 9.90. The van der Waals surface area contributed by atoms with E-state index in [0.717, 1.165) is 24.6 Å². The highest BCUT2D eigenvalue weighted by Gasteiger charge is 2.54. The standard InChI is InChI=1S/C23H30N2O/c1-26-22-9-7-19(8-10-22)11-14-24-18-20-17-23(20)12-15-25(16-13-23)21-5-3-2-4-6-21/h2-10,20,24H,11-18H2,1H3. The van der Waals surface area contributed by atoms with Crippen LogP contribution in [0.1, 0.15) is 24.8 Å². The van der Waals surface area contributed by atoms with Gasteiger partial charge >= 0.3 is 0 Å². The Bertz CT molecular complexity index is 690. The van der Waals surface area contributed by atoms with Gasteiger partial charge in [0.15, 0.2) is 0 Å². The van der Waals surface area contributed by atoms with Crippen LogP contribution < -0.4 is 15.0 Å². The molecule has 1 aliphatic heterocycles. The molecule has 0 amide bonds. The van der Waals surface area contributed by atoms with E-state index >= 15 is 0 Å². The summed E-state index contributed by atoms with van der Waals surface area (Å²) >= 11 is 0. The van der Waals surface area contributed by atoms with E-state index in [1.165, 1.54) is 50.1 Å². The molecule has 26 heavy (non-hydrogen) atoms. The number of hydrogen-bond donors (Lipinski definition) is 1. The van der Waals surface area contributed by atoms with Crippen molar-refractivity contribution in [3.63, 3.8) is 0 Å². The van der Waals surface area contributed by atoms with Crippen LogP contribution in [0.3, 0.4) is 0 Å². The smallest absolute Gasteiger partial charge is 0.118 e. The molecule has 138 valence electrons. The van der Waals surface area contributed by atoms with Crippen LogP contribution in [0.4, 0.5) is 5.69 Å². The van der Waals surface area contributed by atoms with Crippen molar-refractivity contribution < 1.29 is 4.74 Å². The summed E-state index contributed by atoms with van der Waals surface area (Å²) in [6.07, 6.45) is 5.22. The zero-order chi connectivity index (χ0) is 17.8.